The minimum absolute atomic E-state index is 0.219. The van der Waals surface area contributed by atoms with E-state index in [0.29, 0.717) is 17.8 Å². The van der Waals surface area contributed by atoms with E-state index in [9.17, 15) is 13.2 Å². The van der Waals surface area contributed by atoms with E-state index in [0.717, 1.165) is 0 Å². The summed E-state index contributed by atoms with van der Waals surface area (Å²) >= 11 is 0. The van der Waals surface area contributed by atoms with Gasteiger partial charge in [0.15, 0.2) is 0 Å². The molecule has 0 atom stereocenters. The maximum atomic E-state index is 11.7. The Morgan fingerprint density at radius 3 is 2.56 bits per heavy atom. The average Bonchev–Trinajstić information content (AvgIpc) is 2.29. The molecule has 0 aliphatic rings. The van der Waals surface area contributed by atoms with Crippen molar-refractivity contribution in [2.75, 3.05) is 11.3 Å². The maximum Gasteiger partial charge on any atom is 0.251 e. The number of hydrogen-bond donors (Lipinski definition) is 2. The Hall–Kier alpha value is -1.56. The van der Waals surface area contributed by atoms with E-state index in [4.69, 9.17) is 0 Å². The second-order valence-corrected chi connectivity index (χ2v) is 6.37. The maximum absolute atomic E-state index is 11.7. The summed E-state index contributed by atoms with van der Waals surface area (Å²) < 4.78 is 25.8. The monoisotopic (exact) mass is 270 g/mol. The van der Waals surface area contributed by atoms with E-state index in [2.05, 4.69) is 10.0 Å². The molecule has 0 saturated heterocycles. The van der Waals surface area contributed by atoms with Gasteiger partial charge >= 0.3 is 0 Å². The van der Waals surface area contributed by atoms with Crippen molar-refractivity contribution in [2.45, 2.75) is 26.0 Å². The van der Waals surface area contributed by atoms with Crippen LogP contribution in [0.4, 0.5) is 5.69 Å². The molecule has 0 spiro atoms. The normalized spacial score (nSPS) is 11.3. The lowest BCUT2D eigenvalue weighted by atomic mass is 10.2. The van der Waals surface area contributed by atoms with Gasteiger partial charge in [0.2, 0.25) is 10.0 Å². The van der Waals surface area contributed by atoms with E-state index >= 15 is 0 Å². The van der Waals surface area contributed by atoms with Crippen molar-refractivity contribution in [1.82, 2.24) is 5.32 Å². The highest BCUT2D eigenvalue weighted by atomic mass is 32.2. The molecule has 0 aliphatic heterocycles. The molecular weight excluding hydrogens is 252 g/mol. The number of carbonyl (C=O) groups is 1. The summed E-state index contributed by atoms with van der Waals surface area (Å²) in [7, 11) is -3.39. The van der Waals surface area contributed by atoms with E-state index in [1.54, 1.807) is 32.0 Å². The topological polar surface area (TPSA) is 75.3 Å². The first kappa shape index (κ1) is 14.5. The van der Waals surface area contributed by atoms with Gasteiger partial charge in [-0.2, -0.15) is 0 Å². The zero-order chi connectivity index (χ0) is 13.8. The van der Waals surface area contributed by atoms with Gasteiger partial charge in [-0.05, 0) is 39.0 Å². The zero-order valence-corrected chi connectivity index (χ0v) is 11.5. The summed E-state index contributed by atoms with van der Waals surface area (Å²) in [6.45, 7) is 5.54. The summed E-state index contributed by atoms with van der Waals surface area (Å²) in [5.74, 6) is -0.219. The molecule has 0 aliphatic carbocycles. The van der Waals surface area contributed by atoms with Crippen LogP contribution in [0.5, 0.6) is 0 Å². The Balaban J connectivity index is 2.93. The highest BCUT2D eigenvalue weighted by Gasteiger charge is 2.16. The third kappa shape index (κ3) is 3.73. The van der Waals surface area contributed by atoms with E-state index in [-0.39, 0.29) is 5.91 Å². The van der Waals surface area contributed by atoms with E-state index < -0.39 is 15.3 Å². The SMILES string of the molecule is CCNC(=O)c1cccc(NS(=O)(=O)C(C)C)c1. The van der Waals surface area contributed by atoms with Crippen LogP contribution in [0.2, 0.25) is 0 Å². The summed E-state index contributed by atoms with van der Waals surface area (Å²) in [6, 6.07) is 6.41. The average molecular weight is 270 g/mol. The first-order valence-corrected chi connectivity index (χ1v) is 7.31. The van der Waals surface area contributed by atoms with Gasteiger partial charge in [-0.15, -0.1) is 0 Å². The number of hydrogen-bond acceptors (Lipinski definition) is 3. The van der Waals surface area contributed by atoms with Gasteiger partial charge in [-0.25, -0.2) is 8.42 Å². The van der Waals surface area contributed by atoms with Gasteiger partial charge in [0.05, 0.1) is 5.25 Å². The summed E-state index contributed by atoms with van der Waals surface area (Å²) in [5, 5.41) is 2.14. The lowest BCUT2D eigenvalue weighted by molar-refractivity contribution is 0.0956. The van der Waals surface area contributed by atoms with Gasteiger partial charge in [-0.3, -0.25) is 9.52 Å². The molecule has 0 aromatic heterocycles. The van der Waals surface area contributed by atoms with Crippen molar-refractivity contribution in [1.29, 1.82) is 0 Å². The fourth-order valence-corrected chi connectivity index (χ4v) is 1.96. The van der Waals surface area contributed by atoms with Crippen LogP contribution < -0.4 is 10.0 Å². The zero-order valence-electron chi connectivity index (χ0n) is 10.7. The predicted octanol–water partition coefficient (Wildman–Crippen LogP) is 1.59. The lowest BCUT2D eigenvalue weighted by Crippen LogP contribution is -2.24. The fraction of sp³-hybridized carbons (Fsp3) is 0.417. The lowest BCUT2D eigenvalue weighted by Gasteiger charge is -2.11. The molecule has 100 valence electrons. The van der Waals surface area contributed by atoms with Crippen LogP contribution in [0.3, 0.4) is 0 Å². The summed E-state index contributed by atoms with van der Waals surface area (Å²) in [5.41, 5.74) is 0.827. The van der Waals surface area contributed by atoms with Crippen LogP contribution in [0, 0.1) is 0 Å². The number of benzene rings is 1. The van der Waals surface area contributed by atoms with Crippen LogP contribution in [0.15, 0.2) is 24.3 Å². The largest absolute Gasteiger partial charge is 0.352 e. The number of amides is 1. The van der Waals surface area contributed by atoms with Gasteiger partial charge in [0.25, 0.3) is 5.91 Å². The first-order chi connectivity index (χ1) is 8.36. The van der Waals surface area contributed by atoms with Crippen molar-refractivity contribution in [3.05, 3.63) is 29.8 Å². The van der Waals surface area contributed by atoms with Gasteiger partial charge in [0.1, 0.15) is 0 Å². The molecule has 18 heavy (non-hydrogen) atoms. The minimum atomic E-state index is -3.39. The van der Waals surface area contributed by atoms with Crippen LogP contribution in [-0.4, -0.2) is 26.1 Å². The molecular formula is C12H18N2O3S. The molecule has 0 radical (unpaired) electrons. The highest BCUT2D eigenvalue weighted by molar-refractivity contribution is 7.93. The highest BCUT2D eigenvalue weighted by Crippen LogP contribution is 2.14. The molecule has 2 N–H and O–H groups in total. The molecule has 1 rings (SSSR count). The van der Waals surface area contributed by atoms with Crippen molar-refractivity contribution in [3.8, 4) is 0 Å². The Morgan fingerprint density at radius 2 is 2.00 bits per heavy atom. The summed E-state index contributed by atoms with van der Waals surface area (Å²) in [4.78, 5) is 11.6. The molecule has 5 nitrogen and oxygen atoms in total. The second-order valence-electron chi connectivity index (χ2n) is 4.14. The molecule has 0 saturated carbocycles. The van der Waals surface area contributed by atoms with Gasteiger partial charge in [0, 0.05) is 17.8 Å². The van der Waals surface area contributed by atoms with Crippen molar-refractivity contribution in [2.24, 2.45) is 0 Å². The minimum Gasteiger partial charge on any atom is -0.352 e. The van der Waals surface area contributed by atoms with Crippen LogP contribution in [-0.2, 0) is 10.0 Å². The molecule has 0 unspecified atom stereocenters. The predicted molar refractivity (Wildman–Crippen MR) is 72.1 cm³/mol. The first-order valence-electron chi connectivity index (χ1n) is 5.76. The van der Waals surface area contributed by atoms with Crippen LogP contribution in [0.1, 0.15) is 31.1 Å². The Labute approximate surface area is 108 Å². The number of sulfonamides is 1. The third-order valence-corrected chi connectivity index (χ3v) is 4.10. The standard InChI is InChI=1S/C12H18N2O3S/c1-4-13-12(15)10-6-5-7-11(8-10)14-18(16,17)9(2)3/h5-9,14H,4H2,1-3H3,(H,13,15). The number of nitrogens with one attached hydrogen (secondary N) is 2. The number of rotatable bonds is 5. The van der Waals surface area contributed by atoms with Crippen LogP contribution in [0.25, 0.3) is 0 Å². The number of anilines is 1. The quantitative estimate of drug-likeness (QED) is 0.853. The van der Waals surface area contributed by atoms with Gasteiger partial charge in [-0.1, -0.05) is 6.07 Å². The Kier molecular flexibility index (Phi) is 4.72. The van der Waals surface area contributed by atoms with Crippen molar-refractivity contribution in [3.63, 3.8) is 0 Å². The number of carbonyl (C=O) groups excluding carboxylic acids is 1. The molecule has 1 amide bonds. The Morgan fingerprint density at radius 1 is 1.33 bits per heavy atom. The summed E-state index contributed by atoms with van der Waals surface area (Å²) in [6.07, 6.45) is 0. The van der Waals surface area contributed by atoms with E-state index in [1.807, 2.05) is 6.92 Å². The molecule has 0 bridgehead atoms. The smallest absolute Gasteiger partial charge is 0.251 e. The van der Waals surface area contributed by atoms with Crippen LogP contribution >= 0.6 is 0 Å². The third-order valence-electron chi connectivity index (χ3n) is 2.34. The molecule has 1 aromatic carbocycles. The second kappa shape index (κ2) is 5.86. The van der Waals surface area contributed by atoms with Crippen molar-refractivity contribution < 1.29 is 13.2 Å². The molecule has 1 aromatic rings. The fourth-order valence-electron chi connectivity index (χ4n) is 1.27. The Bertz CT molecular complexity index is 524. The molecule has 0 fully saturated rings. The van der Waals surface area contributed by atoms with Crippen molar-refractivity contribution >= 4 is 21.6 Å². The molecule has 0 heterocycles. The van der Waals surface area contributed by atoms with E-state index in [1.165, 1.54) is 6.07 Å². The van der Waals surface area contributed by atoms with Gasteiger partial charge < -0.3 is 5.32 Å². The molecule has 6 heteroatoms.